The maximum absolute atomic E-state index is 15.9. The minimum Gasteiger partial charge on any atom is -0.467 e. The van der Waals surface area contributed by atoms with Gasteiger partial charge in [-0.1, -0.05) is 0 Å². The van der Waals surface area contributed by atoms with Gasteiger partial charge in [0.25, 0.3) is 5.91 Å². The Hall–Kier alpha value is -4.00. The number of carbonyl (C=O) groups excluding carboxylic acids is 2. The van der Waals surface area contributed by atoms with Crippen molar-refractivity contribution in [3.63, 3.8) is 0 Å². The maximum Gasteiger partial charge on any atom is 0.410 e. The Bertz CT molecular complexity index is 1460. The lowest BCUT2D eigenvalue weighted by Crippen LogP contribution is -2.59. The molecule has 2 aliphatic rings. The van der Waals surface area contributed by atoms with E-state index in [9.17, 15) is 9.59 Å². The number of aromatic nitrogens is 3. The van der Waals surface area contributed by atoms with Crippen LogP contribution in [0.4, 0.5) is 15.0 Å². The second-order valence-electron chi connectivity index (χ2n) is 11.9. The molecule has 2 aliphatic heterocycles. The van der Waals surface area contributed by atoms with Gasteiger partial charge >= 0.3 is 6.09 Å². The molecule has 226 valence electrons. The molecule has 4 atom stereocenters. The van der Waals surface area contributed by atoms with Gasteiger partial charge in [0, 0.05) is 39.7 Å². The number of nitrogens with zero attached hydrogens (tertiary/aromatic N) is 6. The summed E-state index contributed by atoms with van der Waals surface area (Å²) >= 11 is 0. The van der Waals surface area contributed by atoms with E-state index in [0.29, 0.717) is 40.9 Å². The Kier molecular flexibility index (Phi) is 7.97. The van der Waals surface area contributed by atoms with Gasteiger partial charge in [-0.05, 0) is 58.2 Å². The standard InChI is InChI=1S/C29H37FN6O6/c1-29(2,3)42-28(38)36-17-8-9-19(36)25(30)20(12-17)35(6)24-14-31-26(33-32-24)18-13-21-16(10-22(18)40-15-39-7)11-23(41-21)27(37)34(4)5/h10-11,13-14,17,19-20,25H,8-9,12,15H2,1-7H3/t17-,19+,20-,25+/m1/s1. The van der Waals surface area contributed by atoms with Crippen LogP contribution in [0.25, 0.3) is 22.4 Å². The quantitative estimate of drug-likeness (QED) is 0.372. The predicted molar refractivity (Wildman–Crippen MR) is 152 cm³/mol. The van der Waals surface area contributed by atoms with Crippen molar-refractivity contribution in [3.8, 4) is 17.1 Å². The molecular formula is C29H37FN6O6. The van der Waals surface area contributed by atoms with Crippen molar-refractivity contribution >= 4 is 28.8 Å². The molecule has 1 aromatic carbocycles. The van der Waals surface area contributed by atoms with Gasteiger partial charge in [0.2, 0.25) is 0 Å². The van der Waals surface area contributed by atoms with Crippen LogP contribution in [0, 0.1) is 0 Å². The Labute approximate surface area is 243 Å². The molecule has 2 aromatic heterocycles. The molecule has 42 heavy (non-hydrogen) atoms. The van der Waals surface area contributed by atoms with E-state index in [1.807, 2.05) is 0 Å². The first kappa shape index (κ1) is 29.5. The molecule has 0 radical (unpaired) electrons. The number of anilines is 1. The molecule has 4 heterocycles. The zero-order valence-electron chi connectivity index (χ0n) is 25.0. The summed E-state index contributed by atoms with van der Waals surface area (Å²) < 4.78 is 38.1. The van der Waals surface area contributed by atoms with Gasteiger partial charge in [0.05, 0.1) is 23.8 Å². The minimum atomic E-state index is -1.29. The summed E-state index contributed by atoms with van der Waals surface area (Å²) in [5, 5.41) is 9.35. The van der Waals surface area contributed by atoms with Crippen LogP contribution in [0.5, 0.6) is 5.75 Å². The first-order valence-electron chi connectivity index (χ1n) is 13.9. The topological polar surface area (TPSA) is 123 Å². The van der Waals surface area contributed by atoms with E-state index in [1.165, 1.54) is 18.2 Å². The fourth-order valence-electron chi connectivity index (χ4n) is 5.62. The van der Waals surface area contributed by atoms with Crippen LogP contribution in [-0.2, 0) is 9.47 Å². The fourth-order valence-corrected chi connectivity index (χ4v) is 5.62. The van der Waals surface area contributed by atoms with Gasteiger partial charge in [0.1, 0.15) is 23.1 Å². The molecule has 0 N–H and O–H groups in total. The highest BCUT2D eigenvalue weighted by Crippen LogP contribution is 2.41. The van der Waals surface area contributed by atoms with E-state index >= 15 is 4.39 Å². The Morgan fingerprint density at radius 1 is 1.14 bits per heavy atom. The van der Waals surface area contributed by atoms with E-state index in [4.69, 9.17) is 18.6 Å². The van der Waals surface area contributed by atoms with E-state index in [-0.39, 0.29) is 30.3 Å². The lowest BCUT2D eigenvalue weighted by atomic mass is 9.94. The summed E-state index contributed by atoms with van der Waals surface area (Å²) in [6, 6.07) is 3.88. The van der Waals surface area contributed by atoms with Crippen molar-refractivity contribution in [2.45, 2.75) is 69.9 Å². The highest BCUT2D eigenvalue weighted by atomic mass is 19.1. The summed E-state index contributed by atoms with van der Waals surface area (Å²) in [4.78, 5) is 34.5. The van der Waals surface area contributed by atoms with Crippen LogP contribution < -0.4 is 9.64 Å². The van der Waals surface area contributed by atoms with E-state index in [1.54, 1.807) is 69.9 Å². The summed E-state index contributed by atoms with van der Waals surface area (Å²) in [6.07, 6.45) is 1.51. The third-order valence-corrected chi connectivity index (χ3v) is 7.62. The number of alkyl halides is 1. The van der Waals surface area contributed by atoms with Crippen molar-refractivity contribution < 1.29 is 32.6 Å². The van der Waals surface area contributed by atoms with Crippen molar-refractivity contribution in [3.05, 3.63) is 30.2 Å². The molecule has 0 aliphatic carbocycles. The van der Waals surface area contributed by atoms with Gasteiger partial charge < -0.3 is 28.4 Å². The molecule has 0 saturated carbocycles. The van der Waals surface area contributed by atoms with Crippen LogP contribution in [0.2, 0.25) is 0 Å². The van der Waals surface area contributed by atoms with Gasteiger partial charge in [-0.2, -0.15) is 0 Å². The summed E-state index contributed by atoms with van der Waals surface area (Å²) in [5.41, 5.74) is 0.296. The highest BCUT2D eigenvalue weighted by molar-refractivity contribution is 5.97. The molecule has 2 saturated heterocycles. The molecule has 5 rings (SSSR count). The third kappa shape index (κ3) is 5.69. The minimum absolute atomic E-state index is 0.0176. The van der Waals surface area contributed by atoms with Crippen molar-refractivity contribution in [1.82, 2.24) is 25.0 Å². The number of methoxy groups -OCH3 is 1. The molecule has 2 fully saturated rings. The number of benzene rings is 1. The van der Waals surface area contributed by atoms with E-state index in [2.05, 4.69) is 15.2 Å². The maximum atomic E-state index is 15.9. The van der Waals surface area contributed by atoms with Crippen molar-refractivity contribution in [1.29, 1.82) is 0 Å². The van der Waals surface area contributed by atoms with E-state index in [0.717, 1.165) is 6.42 Å². The monoisotopic (exact) mass is 584 g/mol. The van der Waals surface area contributed by atoms with Crippen molar-refractivity contribution in [2.24, 2.45) is 0 Å². The van der Waals surface area contributed by atoms with Crippen LogP contribution >= 0.6 is 0 Å². The second-order valence-corrected chi connectivity index (χ2v) is 11.9. The SMILES string of the molecule is COCOc1cc2cc(C(=O)N(C)C)oc2cc1-c1ncc(N(C)[C@@H]2C[C@H]3CC[C@@H]([C@@H]2F)N3C(=O)OC(C)(C)C)nn1. The first-order chi connectivity index (χ1) is 19.9. The number of amides is 2. The largest absolute Gasteiger partial charge is 0.467 e. The molecule has 13 heteroatoms. The first-order valence-corrected chi connectivity index (χ1v) is 13.9. The molecule has 12 nitrogen and oxygen atoms in total. The summed E-state index contributed by atoms with van der Waals surface area (Å²) in [6.45, 7) is 5.39. The highest BCUT2D eigenvalue weighted by Gasteiger charge is 2.52. The number of hydrogen-bond acceptors (Lipinski definition) is 10. The molecule has 3 aromatic rings. The normalized spacial score (nSPS) is 21.9. The number of piperidine rings is 1. The zero-order chi connectivity index (χ0) is 30.3. The zero-order valence-corrected chi connectivity index (χ0v) is 25.0. The average molecular weight is 585 g/mol. The predicted octanol–water partition coefficient (Wildman–Crippen LogP) is 4.28. The number of halogens is 1. The number of furan rings is 1. The van der Waals surface area contributed by atoms with Gasteiger partial charge in [-0.15, -0.1) is 10.2 Å². The lowest BCUT2D eigenvalue weighted by molar-refractivity contribution is -0.0104. The number of fused-ring (bicyclic) bond motifs is 3. The molecular weight excluding hydrogens is 547 g/mol. The van der Waals surface area contributed by atoms with Gasteiger partial charge in [0.15, 0.2) is 24.2 Å². The molecule has 2 amide bonds. The van der Waals surface area contributed by atoms with Crippen molar-refractivity contribution in [2.75, 3.05) is 39.9 Å². The number of hydrogen-bond donors (Lipinski definition) is 0. The number of carbonyl (C=O) groups is 2. The van der Waals surface area contributed by atoms with Gasteiger partial charge in [-0.25, -0.2) is 14.2 Å². The van der Waals surface area contributed by atoms with Crippen LogP contribution in [0.3, 0.4) is 0 Å². The Balaban J connectivity index is 1.38. The third-order valence-electron chi connectivity index (χ3n) is 7.62. The Morgan fingerprint density at radius 2 is 1.90 bits per heavy atom. The van der Waals surface area contributed by atoms with Gasteiger partial charge in [-0.3, -0.25) is 9.69 Å². The molecule has 2 bridgehead atoms. The molecule has 0 spiro atoms. The second kappa shape index (κ2) is 11.3. The van der Waals surface area contributed by atoms with Crippen LogP contribution in [0.15, 0.2) is 28.8 Å². The summed E-state index contributed by atoms with van der Waals surface area (Å²) in [5.74, 6) is 0.997. The lowest BCUT2D eigenvalue weighted by Gasteiger charge is -2.44. The van der Waals surface area contributed by atoms with Crippen LogP contribution in [0.1, 0.15) is 50.6 Å². The fraction of sp³-hybridized carbons (Fsp3) is 0.552. The Morgan fingerprint density at radius 3 is 2.55 bits per heavy atom. The smallest absolute Gasteiger partial charge is 0.410 e. The average Bonchev–Trinajstić information content (AvgIpc) is 3.52. The van der Waals surface area contributed by atoms with E-state index < -0.39 is 29.9 Å². The number of rotatable bonds is 7. The number of ether oxygens (including phenoxy) is 3. The van der Waals surface area contributed by atoms with Crippen LogP contribution in [-0.4, -0.2) is 102 Å². The molecule has 0 unspecified atom stereocenters. The summed E-state index contributed by atoms with van der Waals surface area (Å²) in [7, 11) is 6.56.